The van der Waals surface area contributed by atoms with Gasteiger partial charge in [-0.25, -0.2) is 0 Å². The van der Waals surface area contributed by atoms with Gasteiger partial charge in [0, 0.05) is 12.0 Å². The molecule has 0 fully saturated rings. The quantitative estimate of drug-likeness (QED) is 0.764. The third-order valence-corrected chi connectivity index (χ3v) is 3.41. The minimum atomic E-state index is -0.160. The number of carbonyl (C=O) groups excluding carboxylic acids is 1. The van der Waals surface area contributed by atoms with Crippen molar-refractivity contribution in [3.05, 3.63) is 65.3 Å². The van der Waals surface area contributed by atoms with Crippen LogP contribution >= 0.6 is 0 Å². The zero-order chi connectivity index (χ0) is 14.4. The Morgan fingerprint density at radius 2 is 2.05 bits per heavy atom. The van der Waals surface area contributed by atoms with E-state index in [0.29, 0.717) is 13.0 Å². The molecular formula is C18H20O2. The summed E-state index contributed by atoms with van der Waals surface area (Å²) in [4.78, 5) is 11.4. The van der Waals surface area contributed by atoms with Crippen LogP contribution < -0.4 is 0 Å². The SMILES string of the molecule is CCC(=O)OC/C(=C1\C=CC=CC1)c1ccccc1C. The summed E-state index contributed by atoms with van der Waals surface area (Å²) in [7, 11) is 0. The van der Waals surface area contributed by atoms with E-state index in [2.05, 4.69) is 31.2 Å². The first-order valence-electron chi connectivity index (χ1n) is 6.99. The molecule has 0 bridgehead atoms. The molecule has 0 heterocycles. The molecule has 1 aliphatic rings. The van der Waals surface area contributed by atoms with E-state index in [-0.39, 0.29) is 5.97 Å². The molecular weight excluding hydrogens is 248 g/mol. The predicted octanol–water partition coefficient (Wildman–Crippen LogP) is 4.22. The van der Waals surface area contributed by atoms with Gasteiger partial charge in [0.25, 0.3) is 0 Å². The molecule has 0 N–H and O–H groups in total. The van der Waals surface area contributed by atoms with Gasteiger partial charge >= 0.3 is 5.97 Å². The average Bonchev–Trinajstić information content (AvgIpc) is 2.50. The van der Waals surface area contributed by atoms with Crippen molar-refractivity contribution in [2.24, 2.45) is 0 Å². The van der Waals surface area contributed by atoms with Crippen molar-refractivity contribution in [2.45, 2.75) is 26.7 Å². The molecule has 0 amide bonds. The van der Waals surface area contributed by atoms with E-state index in [1.165, 1.54) is 11.1 Å². The second-order valence-corrected chi connectivity index (χ2v) is 4.82. The lowest BCUT2D eigenvalue weighted by Crippen LogP contribution is -2.08. The van der Waals surface area contributed by atoms with Gasteiger partial charge in [-0.3, -0.25) is 4.79 Å². The maximum absolute atomic E-state index is 11.4. The van der Waals surface area contributed by atoms with Crippen molar-refractivity contribution in [1.29, 1.82) is 0 Å². The number of aryl methyl sites for hydroxylation is 1. The van der Waals surface area contributed by atoms with Gasteiger partial charge in [0.2, 0.25) is 0 Å². The predicted molar refractivity (Wildman–Crippen MR) is 82.2 cm³/mol. The lowest BCUT2D eigenvalue weighted by Gasteiger charge is -2.16. The lowest BCUT2D eigenvalue weighted by atomic mass is 9.93. The topological polar surface area (TPSA) is 26.3 Å². The molecule has 1 aromatic carbocycles. The molecule has 0 spiro atoms. The Kier molecular flexibility index (Phi) is 4.94. The van der Waals surface area contributed by atoms with E-state index >= 15 is 0 Å². The summed E-state index contributed by atoms with van der Waals surface area (Å²) in [6.07, 6.45) is 9.57. The van der Waals surface area contributed by atoms with E-state index in [4.69, 9.17) is 4.74 Å². The molecule has 104 valence electrons. The van der Waals surface area contributed by atoms with Gasteiger partial charge in [-0.1, -0.05) is 55.5 Å². The van der Waals surface area contributed by atoms with Crippen LogP contribution in [0, 0.1) is 6.92 Å². The molecule has 0 atom stereocenters. The number of esters is 1. The van der Waals surface area contributed by atoms with Crippen molar-refractivity contribution < 1.29 is 9.53 Å². The van der Waals surface area contributed by atoms with Crippen molar-refractivity contribution in [1.82, 2.24) is 0 Å². The Hall–Kier alpha value is -2.09. The second-order valence-electron chi connectivity index (χ2n) is 4.82. The van der Waals surface area contributed by atoms with E-state index in [9.17, 15) is 4.79 Å². The summed E-state index contributed by atoms with van der Waals surface area (Å²) in [6, 6.07) is 8.21. The van der Waals surface area contributed by atoms with Gasteiger partial charge in [0.05, 0.1) is 0 Å². The van der Waals surface area contributed by atoms with Crippen LogP contribution in [-0.4, -0.2) is 12.6 Å². The van der Waals surface area contributed by atoms with E-state index < -0.39 is 0 Å². The van der Waals surface area contributed by atoms with E-state index in [1.54, 1.807) is 0 Å². The van der Waals surface area contributed by atoms with Gasteiger partial charge in [0.1, 0.15) is 6.61 Å². The molecule has 2 rings (SSSR count). The van der Waals surface area contributed by atoms with Crippen LogP contribution in [0.5, 0.6) is 0 Å². The van der Waals surface area contributed by atoms with Gasteiger partial charge in [0.15, 0.2) is 0 Å². The third-order valence-electron chi connectivity index (χ3n) is 3.41. The lowest BCUT2D eigenvalue weighted by molar-refractivity contribution is -0.141. The molecule has 0 radical (unpaired) electrons. The highest BCUT2D eigenvalue weighted by molar-refractivity contribution is 5.77. The van der Waals surface area contributed by atoms with Gasteiger partial charge in [-0.15, -0.1) is 0 Å². The van der Waals surface area contributed by atoms with Crippen molar-refractivity contribution in [3.63, 3.8) is 0 Å². The number of benzene rings is 1. The Balaban J connectivity index is 2.35. The van der Waals surface area contributed by atoms with Crippen LogP contribution in [0.3, 0.4) is 0 Å². The van der Waals surface area contributed by atoms with E-state index in [0.717, 1.165) is 17.6 Å². The number of ether oxygens (including phenoxy) is 1. The highest BCUT2D eigenvalue weighted by atomic mass is 16.5. The molecule has 0 unspecified atom stereocenters. The Bertz CT molecular complexity index is 577. The Labute approximate surface area is 120 Å². The van der Waals surface area contributed by atoms with Gasteiger partial charge < -0.3 is 4.74 Å². The largest absolute Gasteiger partial charge is 0.461 e. The highest BCUT2D eigenvalue weighted by Gasteiger charge is 2.12. The maximum Gasteiger partial charge on any atom is 0.305 e. The zero-order valence-corrected chi connectivity index (χ0v) is 12.1. The number of rotatable bonds is 4. The first kappa shape index (κ1) is 14.3. The Morgan fingerprint density at radius 1 is 1.25 bits per heavy atom. The molecule has 0 aliphatic heterocycles. The molecule has 0 saturated heterocycles. The van der Waals surface area contributed by atoms with Gasteiger partial charge in [-0.05, 0) is 30.0 Å². The van der Waals surface area contributed by atoms with Crippen LogP contribution in [0.15, 0.2) is 54.1 Å². The minimum Gasteiger partial charge on any atom is -0.461 e. The van der Waals surface area contributed by atoms with Crippen molar-refractivity contribution >= 4 is 11.5 Å². The monoisotopic (exact) mass is 268 g/mol. The number of hydrogen-bond acceptors (Lipinski definition) is 2. The standard InChI is InChI=1S/C18H20O2/c1-3-18(19)20-13-17(15-10-5-4-6-11-15)16-12-8-7-9-14(16)2/h4-10,12H,3,11,13H2,1-2H3/b17-15-. The van der Waals surface area contributed by atoms with Gasteiger partial charge in [-0.2, -0.15) is 0 Å². The normalized spacial score (nSPS) is 16.1. The minimum absolute atomic E-state index is 0.160. The summed E-state index contributed by atoms with van der Waals surface area (Å²) in [5, 5.41) is 0. The average molecular weight is 268 g/mol. The zero-order valence-electron chi connectivity index (χ0n) is 12.1. The molecule has 1 aromatic rings. The maximum atomic E-state index is 11.4. The summed E-state index contributed by atoms with van der Waals surface area (Å²) < 4.78 is 5.36. The second kappa shape index (κ2) is 6.90. The summed E-state index contributed by atoms with van der Waals surface area (Å²) in [5.41, 5.74) is 4.67. The fourth-order valence-corrected chi connectivity index (χ4v) is 2.25. The van der Waals surface area contributed by atoms with Crippen LogP contribution in [-0.2, 0) is 9.53 Å². The number of hydrogen-bond donors (Lipinski definition) is 0. The molecule has 2 nitrogen and oxygen atoms in total. The molecule has 20 heavy (non-hydrogen) atoms. The molecule has 1 aliphatic carbocycles. The first-order chi connectivity index (χ1) is 9.72. The first-order valence-corrected chi connectivity index (χ1v) is 6.99. The number of allylic oxidation sites excluding steroid dienone is 5. The molecule has 2 heteroatoms. The van der Waals surface area contributed by atoms with Crippen LogP contribution in [0.1, 0.15) is 30.9 Å². The van der Waals surface area contributed by atoms with Crippen LogP contribution in [0.4, 0.5) is 0 Å². The smallest absolute Gasteiger partial charge is 0.305 e. The fraction of sp³-hybridized carbons (Fsp3) is 0.278. The summed E-state index contributed by atoms with van der Waals surface area (Å²) in [6.45, 7) is 4.23. The summed E-state index contributed by atoms with van der Waals surface area (Å²) >= 11 is 0. The highest BCUT2D eigenvalue weighted by Crippen LogP contribution is 2.27. The van der Waals surface area contributed by atoms with Crippen molar-refractivity contribution in [2.75, 3.05) is 6.61 Å². The fourth-order valence-electron chi connectivity index (χ4n) is 2.25. The molecule has 0 saturated carbocycles. The van der Waals surface area contributed by atoms with Crippen LogP contribution in [0.25, 0.3) is 5.57 Å². The third kappa shape index (κ3) is 3.47. The van der Waals surface area contributed by atoms with Crippen molar-refractivity contribution in [3.8, 4) is 0 Å². The Morgan fingerprint density at radius 3 is 2.70 bits per heavy atom. The van der Waals surface area contributed by atoms with Crippen LogP contribution in [0.2, 0.25) is 0 Å². The summed E-state index contributed by atoms with van der Waals surface area (Å²) in [5.74, 6) is -0.160. The molecule has 0 aromatic heterocycles. The van der Waals surface area contributed by atoms with E-state index in [1.807, 2.05) is 31.2 Å². The number of carbonyl (C=O) groups is 1.